The Morgan fingerprint density at radius 2 is 1.30 bits per heavy atom. The minimum Gasteiger partial charge on any atom is -0.457 e. The summed E-state index contributed by atoms with van der Waals surface area (Å²) < 4.78 is 11.1. The number of hydrogen-bond donors (Lipinski definition) is 0. The summed E-state index contributed by atoms with van der Waals surface area (Å²) in [5, 5.41) is 7.97. The molecule has 0 unspecified atom stereocenters. The Labute approximate surface area is 329 Å². The number of para-hydroxylation sites is 2. The maximum Gasteiger partial charge on any atom is 0.182 e. The largest absolute Gasteiger partial charge is 0.457 e. The van der Waals surface area contributed by atoms with Crippen LogP contribution in [0.4, 0.5) is 0 Å². The highest BCUT2D eigenvalue weighted by Crippen LogP contribution is 2.40. The molecule has 0 saturated carbocycles. The van der Waals surface area contributed by atoms with E-state index in [0.717, 1.165) is 56.2 Å². The maximum absolute atomic E-state index is 6.63. The van der Waals surface area contributed by atoms with Crippen LogP contribution < -0.4 is 25.5 Å². The van der Waals surface area contributed by atoms with Crippen LogP contribution in [-0.2, 0) is 7.05 Å². The number of hydrogen-bond acceptors (Lipinski definition) is 4. The summed E-state index contributed by atoms with van der Waals surface area (Å²) in [6.45, 7) is 0. The molecule has 4 heterocycles. The lowest BCUT2D eigenvalue weighted by Crippen LogP contribution is -2.76. The van der Waals surface area contributed by atoms with E-state index in [2.05, 4.69) is 162 Å². The molecular formula is C49H34N4OSSi. The molecule has 56 heavy (non-hydrogen) atoms. The molecule has 5 nitrogen and oxygen atoms in total. The minimum absolute atomic E-state index is 0.746. The fourth-order valence-electron chi connectivity index (χ4n) is 8.82. The lowest BCUT2D eigenvalue weighted by Gasteiger charge is -2.40. The van der Waals surface area contributed by atoms with Crippen molar-refractivity contribution in [3.05, 3.63) is 188 Å². The Hall–Kier alpha value is -6.67. The highest BCUT2D eigenvalue weighted by Gasteiger charge is 2.48. The van der Waals surface area contributed by atoms with Crippen LogP contribution in [0.5, 0.6) is 11.5 Å². The van der Waals surface area contributed by atoms with Crippen LogP contribution in [0.2, 0.25) is 0 Å². The van der Waals surface area contributed by atoms with Crippen molar-refractivity contribution in [2.75, 3.05) is 0 Å². The van der Waals surface area contributed by atoms with Gasteiger partial charge in [0.15, 0.2) is 8.07 Å². The fraction of sp³-hybridized carbons (Fsp3) is 0.0204. The van der Waals surface area contributed by atoms with E-state index in [0.29, 0.717) is 0 Å². The van der Waals surface area contributed by atoms with Crippen LogP contribution in [0.1, 0.15) is 0 Å². The molecule has 1 aliphatic rings. The molecule has 7 heteroatoms. The van der Waals surface area contributed by atoms with E-state index in [1.165, 1.54) is 35.9 Å². The lowest BCUT2D eigenvalue weighted by molar-refractivity contribution is 0.482. The Morgan fingerprint density at radius 1 is 0.589 bits per heavy atom. The number of pyridine rings is 1. The van der Waals surface area contributed by atoms with Gasteiger partial charge in [0.2, 0.25) is 0 Å². The highest BCUT2D eigenvalue weighted by atomic mass is 32.2. The van der Waals surface area contributed by atoms with Gasteiger partial charge in [-0.3, -0.25) is 4.57 Å². The van der Waals surface area contributed by atoms with Crippen molar-refractivity contribution in [2.45, 2.75) is 9.79 Å². The van der Waals surface area contributed by atoms with Crippen molar-refractivity contribution in [2.24, 2.45) is 7.05 Å². The number of aryl methyl sites for hydroxylation is 1. The standard InChI is InChI=1S/C49H34N4OSSi/c1-52-41-25-9-8-24-40(41)51-48(52)33-15-12-17-35(31-33)54-36-18-13-16-34(32-36)53-42-28-29-44-47(46(42)39-23-14-30-50-49(39)53)56(37-19-4-2-5-20-37,38-21-6-3-7-22-38)45-27-11-10-26-43(45)55-44/h2-32H,1H3. The summed E-state index contributed by atoms with van der Waals surface area (Å²) in [4.78, 5) is 12.6. The molecule has 0 spiro atoms. The molecule has 10 aromatic rings. The first kappa shape index (κ1) is 32.7. The first-order valence-corrected chi connectivity index (χ1v) is 21.6. The van der Waals surface area contributed by atoms with Crippen molar-refractivity contribution in [3.8, 4) is 28.6 Å². The van der Waals surface area contributed by atoms with Gasteiger partial charge in [-0.15, -0.1) is 0 Å². The quantitative estimate of drug-likeness (QED) is 0.159. The zero-order valence-corrected chi connectivity index (χ0v) is 32.3. The molecule has 0 radical (unpaired) electrons. The van der Waals surface area contributed by atoms with Crippen molar-refractivity contribution >= 4 is 73.6 Å². The zero-order chi connectivity index (χ0) is 37.2. The van der Waals surface area contributed by atoms with E-state index in [1.807, 2.05) is 54.4 Å². The third-order valence-corrected chi connectivity index (χ3v) is 17.6. The molecule has 0 N–H and O–H groups in total. The summed E-state index contributed by atoms with van der Waals surface area (Å²) >= 11 is 1.89. The van der Waals surface area contributed by atoms with Crippen molar-refractivity contribution in [1.29, 1.82) is 0 Å². The van der Waals surface area contributed by atoms with E-state index in [4.69, 9.17) is 14.7 Å². The highest BCUT2D eigenvalue weighted by molar-refractivity contribution is 8.00. The summed E-state index contributed by atoms with van der Waals surface area (Å²) in [6, 6.07) is 65.2. The van der Waals surface area contributed by atoms with E-state index < -0.39 is 8.07 Å². The van der Waals surface area contributed by atoms with Gasteiger partial charge in [-0.25, -0.2) is 9.97 Å². The summed E-state index contributed by atoms with van der Waals surface area (Å²) in [5.74, 6) is 2.39. The van der Waals surface area contributed by atoms with Gasteiger partial charge >= 0.3 is 0 Å². The molecule has 0 saturated heterocycles. The van der Waals surface area contributed by atoms with Gasteiger partial charge in [0.25, 0.3) is 0 Å². The monoisotopic (exact) mass is 754 g/mol. The topological polar surface area (TPSA) is 44.9 Å². The van der Waals surface area contributed by atoms with Gasteiger partial charge in [0.1, 0.15) is 23.0 Å². The molecular weight excluding hydrogens is 721 g/mol. The van der Waals surface area contributed by atoms with Crippen molar-refractivity contribution < 1.29 is 4.74 Å². The number of fused-ring (bicyclic) bond motifs is 7. The number of rotatable bonds is 6. The Bertz CT molecular complexity index is 3080. The van der Waals surface area contributed by atoms with Crippen LogP contribution >= 0.6 is 11.8 Å². The lowest BCUT2D eigenvalue weighted by atomic mass is 10.2. The predicted octanol–water partition coefficient (Wildman–Crippen LogP) is 9.37. The summed E-state index contributed by atoms with van der Waals surface area (Å²) in [7, 11) is -0.792. The third kappa shape index (κ3) is 4.94. The number of nitrogens with zero attached hydrogens (tertiary/aromatic N) is 4. The summed E-state index contributed by atoms with van der Waals surface area (Å²) in [6.07, 6.45) is 1.90. The van der Waals surface area contributed by atoms with Crippen LogP contribution in [0.15, 0.2) is 198 Å². The van der Waals surface area contributed by atoms with Gasteiger partial charge in [-0.1, -0.05) is 121 Å². The average Bonchev–Trinajstić information content (AvgIpc) is 3.78. The molecule has 3 aromatic heterocycles. The van der Waals surface area contributed by atoms with Crippen molar-refractivity contribution in [1.82, 2.24) is 19.1 Å². The van der Waals surface area contributed by atoms with Crippen molar-refractivity contribution in [3.63, 3.8) is 0 Å². The molecule has 0 aliphatic carbocycles. The molecule has 0 fully saturated rings. The average molecular weight is 755 g/mol. The fourth-order valence-corrected chi connectivity index (χ4v) is 16.0. The Balaban J connectivity index is 1.10. The number of aromatic nitrogens is 4. The van der Waals surface area contributed by atoms with E-state index in [-0.39, 0.29) is 0 Å². The van der Waals surface area contributed by atoms with Crippen LogP contribution in [0.3, 0.4) is 0 Å². The smallest absolute Gasteiger partial charge is 0.182 e. The van der Waals surface area contributed by atoms with E-state index in [9.17, 15) is 0 Å². The molecule has 7 aromatic carbocycles. The molecule has 11 rings (SSSR count). The Morgan fingerprint density at radius 3 is 2.11 bits per heavy atom. The summed E-state index contributed by atoms with van der Waals surface area (Å²) in [5.41, 5.74) is 6.10. The minimum atomic E-state index is -2.85. The van der Waals surface area contributed by atoms with Gasteiger partial charge in [0, 0.05) is 45.4 Å². The van der Waals surface area contributed by atoms with Gasteiger partial charge in [0.05, 0.1) is 22.2 Å². The van der Waals surface area contributed by atoms with E-state index >= 15 is 0 Å². The molecule has 0 bridgehead atoms. The second kappa shape index (κ2) is 13.0. The Kier molecular flexibility index (Phi) is 7.59. The second-order valence-electron chi connectivity index (χ2n) is 14.2. The maximum atomic E-state index is 6.63. The van der Waals surface area contributed by atoms with Crippen LogP contribution in [-0.4, -0.2) is 27.2 Å². The normalized spacial score (nSPS) is 13.2. The number of benzene rings is 7. The van der Waals surface area contributed by atoms with Gasteiger partial charge < -0.3 is 9.30 Å². The van der Waals surface area contributed by atoms with Gasteiger partial charge in [-0.2, -0.15) is 0 Å². The van der Waals surface area contributed by atoms with Crippen LogP contribution in [0, 0.1) is 0 Å². The first-order chi connectivity index (χ1) is 27.7. The molecule has 1 aliphatic heterocycles. The molecule has 0 amide bonds. The molecule has 266 valence electrons. The SMILES string of the molecule is Cn1c(-c2cccc(Oc3cccc(-n4c5ccc6c(c5c5cccnc54)[Si](c4ccccc4)(c4ccccc4)c4ccccc4S6)c3)c2)nc2ccccc21. The zero-order valence-electron chi connectivity index (χ0n) is 30.5. The number of ether oxygens (including phenoxy) is 1. The molecule has 0 atom stereocenters. The van der Waals surface area contributed by atoms with Gasteiger partial charge in [-0.05, 0) is 87.5 Å². The predicted molar refractivity (Wildman–Crippen MR) is 233 cm³/mol. The second-order valence-corrected chi connectivity index (χ2v) is 19.0. The number of imidazole rings is 1. The first-order valence-electron chi connectivity index (χ1n) is 18.8. The van der Waals surface area contributed by atoms with E-state index in [1.54, 1.807) is 0 Å². The van der Waals surface area contributed by atoms with Crippen LogP contribution in [0.25, 0.3) is 50.0 Å². The third-order valence-electron chi connectivity index (χ3n) is 11.1.